The first kappa shape index (κ1) is 8.24. The molecule has 0 amide bonds. The van der Waals surface area contributed by atoms with E-state index in [0.29, 0.717) is 0 Å². The van der Waals surface area contributed by atoms with Crippen molar-refractivity contribution >= 4 is 10.8 Å². The number of hydrogen-bond acceptors (Lipinski definition) is 2. The van der Waals surface area contributed by atoms with Crippen LogP contribution >= 0.6 is 0 Å². The third kappa shape index (κ3) is 1.31. The van der Waals surface area contributed by atoms with Crippen molar-refractivity contribution in [2.45, 2.75) is 0 Å². The van der Waals surface area contributed by atoms with Crippen LogP contribution in [0.2, 0.25) is 0 Å². The summed E-state index contributed by atoms with van der Waals surface area (Å²) in [7, 11) is 0. The molecule has 15 heavy (non-hydrogen) atoms. The normalized spacial score (nSPS) is 10.7. The van der Waals surface area contributed by atoms with Gasteiger partial charge in [-0.1, -0.05) is 42.5 Å². The van der Waals surface area contributed by atoms with E-state index in [1.54, 1.807) is 6.26 Å². The summed E-state index contributed by atoms with van der Waals surface area (Å²) < 4.78 is 4.88. The maximum absolute atomic E-state index is 4.88. The summed E-state index contributed by atoms with van der Waals surface area (Å²) in [6.45, 7) is 0. The summed E-state index contributed by atoms with van der Waals surface area (Å²) in [6.07, 6.45) is 4.08. The Morgan fingerprint density at radius 1 is 1.00 bits per heavy atom. The highest BCUT2D eigenvalue weighted by Gasteiger charge is 2.04. The molecule has 0 aliphatic carbocycles. The molecule has 0 atom stereocenters. The Hall–Kier alpha value is -2.09. The second-order valence-electron chi connectivity index (χ2n) is 3.35. The smallest absolute Gasteiger partial charge is 0.284 e. The first-order chi connectivity index (χ1) is 7.45. The molecule has 0 bridgehead atoms. The van der Waals surface area contributed by atoms with Crippen LogP contribution in [0.1, 0.15) is 0 Å². The molecule has 2 heteroatoms. The number of benzene rings is 2. The molecule has 0 saturated heterocycles. The maximum Gasteiger partial charge on any atom is 0.284 e. The van der Waals surface area contributed by atoms with E-state index in [2.05, 4.69) is 29.6 Å². The van der Waals surface area contributed by atoms with Crippen molar-refractivity contribution in [2.75, 3.05) is 0 Å². The van der Waals surface area contributed by atoms with Crippen LogP contribution in [0.25, 0.3) is 22.0 Å². The zero-order valence-corrected chi connectivity index (χ0v) is 7.97. The molecule has 71 valence electrons. The lowest BCUT2D eigenvalue weighted by Crippen LogP contribution is -1.80. The predicted molar refractivity (Wildman–Crippen MR) is 58.3 cm³/mol. The van der Waals surface area contributed by atoms with Crippen molar-refractivity contribution in [2.24, 2.45) is 0 Å². The van der Waals surface area contributed by atoms with E-state index >= 15 is 0 Å². The highest BCUT2D eigenvalue weighted by atomic mass is 16.3. The Kier molecular flexibility index (Phi) is 1.78. The Morgan fingerprint density at radius 2 is 1.87 bits per heavy atom. The zero-order chi connectivity index (χ0) is 10.1. The van der Waals surface area contributed by atoms with Crippen molar-refractivity contribution in [1.29, 1.82) is 0 Å². The van der Waals surface area contributed by atoms with Gasteiger partial charge in [0.2, 0.25) is 0 Å². The minimum absolute atomic E-state index is 0.826. The quantitative estimate of drug-likeness (QED) is 0.594. The largest absolute Gasteiger partial charge is 0.440 e. The minimum atomic E-state index is 0.826. The van der Waals surface area contributed by atoms with Gasteiger partial charge in [-0.25, -0.2) is 4.98 Å². The molecule has 0 aliphatic rings. The summed E-state index contributed by atoms with van der Waals surface area (Å²) in [6, 6.07) is 14.4. The third-order valence-corrected chi connectivity index (χ3v) is 2.45. The molecule has 0 unspecified atom stereocenters. The van der Waals surface area contributed by atoms with Gasteiger partial charge in [0.15, 0.2) is 0 Å². The Balaban J connectivity index is 2.36. The van der Waals surface area contributed by atoms with Gasteiger partial charge in [0.05, 0.1) is 0 Å². The van der Waals surface area contributed by atoms with Crippen molar-refractivity contribution in [3.8, 4) is 11.3 Å². The molecule has 2 aromatic carbocycles. The van der Waals surface area contributed by atoms with E-state index in [0.717, 1.165) is 11.3 Å². The average Bonchev–Trinajstić information content (AvgIpc) is 2.82. The van der Waals surface area contributed by atoms with Crippen molar-refractivity contribution < 1.29 is 4.42 Å². The maximum atomic E-state index is 4.88. The first-order valence-electron chi connectivity index (χ1n) is 4.75. The van der Waals surface area contributed by atoms with Gasteiger partial charge in [0.25, 0.3) is 6.39 Å². The summed E-state index contributed by atoms with van der Waals surface area (Å²) in [5, 5.41) is 2.39. The number of hydrogen-bond donors (Lipinski definition) is 0. The van der Waals surface area contributed by atoms with Gasteiger partial charge in [0, 0.05) is 5.56 Å². The molecule has 2 nitrogen and oxygen atoms in total. The Bertz CT molecular complexity index is 579. The van der Waals surface area contributed by atoms with Crippen LogP contribution < -0.4 is 0 Å². The minimum Gasteiger partial charge on any atom is -0.440 e. The van der Waals surface area contributed by atoms with Crippen LogP contribution in [0.5, 0.6) is 0 Å². The standard InChI is InChI=1S/C13H8NO/c1-2-6-11-10(4-1)5-3-7-12(11)13-8-15-9-14-13/h1-8H. The molecule has 0 fully saturated rings. The van der Waals surface area contributed by atoms with E-state index < -0.39 is 0 Å². The average molecular weight is 194 g/mol. The second-order valence-corrected chi connectivity index (χ2v) is 3.35. The van der Waals surface area contributed by atoms with Crippen LogP contribution in [0, 0.1) is 6.39 Å². The highest BCUT2D eigenvalue weighted by molar-refractivity contribution is 5.95. The van der Waals surface area contributed by atoms with Crippen molar-refractivity contribution in [3.63, 3.8) is 0 Å². The molecule has 3 rings (SSSR count). The number of fused-ring (bicyclic) bond motifs is 1. The fraction of sp³-hybridized carbons (Fsp3) is 0. The van der Waals surface area contributed by atoms with E-state index in [4.69, 9.17) is 4.42 Å². The molecular formula is C13H8NO. The predicted octanol–water partition coefficient (Wildman–Crippen LogP) is 3.29. The van der Waals surface area contributed by atoms with Gasteiger partial charge in [-0.3, -0.25) is 0 Å². The number of nitrogens with zero attached hydrogens (tertiary/aromatic N) is 1. The van der Waals surface area contributed by atoms with E-state index in [1.165, 1.54) is 10.8 Å². The molecule has 3 aromatic rings. The van der Waals surface area contributed by atoms with Crippen LogP contribution in [-0.2, 0) is 0 Å². The fourth-order valence-corrected chi connectivity index (χ4v) is 1.76. The molecule has 1 heterocycles. The van der Waals surface area contributed by atoms with Gasteiger partial charge in [0.1, 0.15) is 12.0 Å². The summed E-state index contributed by atoms with van der Waals surface area (Å²) >= 11 is 0. The Labute approximate surface area is 87.2 Å². The van der Waals surface area contributed by atoms with Gasteiger partial charge in [-0.2, -0.15) is 0 Å². The summed E-state index contributed by atoms with van der Waals surface area (Å²) in [4.78, 5) is 4.04. The van der Waals surface area contributed by atoms with Crippen LogP contribution in [-0.4, -0.2) is 4.98 Å². The zero-order valence-electron chi connectivity index (χ0n) is 7.97. The molecule has 1 radical (unpaired) electrons. The van der Waals surface area contributed by atoms with Gasteiger partial charge in [-0.05, 0) is 10.8 Å². The highest BCUT2D eigenvalue weighted by Crippen LogP contribution is 2.26. The van der Waals surface area contributed by atoms with E-state index in [1.807, 2.05) is 24.3 Å². The molecule has 0 aliphatic heterocycles. The molecule has 1 aromatic heterocycles. The topological polar surface area (TPSA) is 26.0 Å². The molecule has 0 spiro atoms. The van der Waals surface area contributed by atoms with Crippen LogP contribution in [0.4, 0.5) is 0 Å². The van der Waals surface area contributed by atoms with Gasteiger partial charge in [-0.15, -0.1) is 0 Å². The molecule has 0 N–H and O–H groups in total. The summed E-state index contributed by atoms with van der Waals surface area (Å²) in [5.74, 6) is 0. The SMILES string of the molecule is [c]1nc(-c2cccc3ccccc23)co1. The Morgan fingerprint density at radius 3 is 2.73 bits per heavy atom. The third-order valence-electron chi connectivity index (χ3n) is 2.45. The molecular weight excluding hydrogens is 186 g/mol. The number of rotatable bonds is 1. The lowest BCUT2D eigenvalue weighted by atomic mass is 10.0. The van der Waals surface area contributed by atoms with E-state index in [-0.39, 0.29) is 0 Å². The van der Waals surface area contributed by atoms with Crippen molar-refractivity contribution in [1.82, 2.24) is 4.98 Å². The number of oxazole rings is 1. The number of aromatic nitrogens is 1. The van der Waals surface area contributed by atoms with Gasteiger partial charge < -0.3 is 4.42 Å². The first-order valence-corrected chi connectivity index (χ1v) is 4.75. The van der Waals surface area contributed by atoms with Crippen molar-refractivity contribution in [3.05, 3.63) is 55.1 Å². The lowest BCUT2D eigenvalue weighted by molar-refractivity contribution is 0.548. The summed E-state index contributed by atoms with van der Waals surface area (Å²) in [5.41, 5.74) is 1.91. The van der Waals surface area contributed by atoms with Gasteiger partial charge >= 0.3 is 0 Å². The second kappa shape index (κ2) is 3.24. The lowest BCUT2D eigenvalue weighted by Gasteiger charge is -2.02. The van der Waals surface area contributed by atoms with Crippen LogP contribution in [0.3, 0.4) is 0 Å². The molecule has 0 saturated carbocycles. The monoisotopic (exact) mass is 194 g/mol. The van der Waals surface area contributed by atoms with Crippen LogP contribution in [0.15, 0.2) is 53.1 Å². The van der Waals surface area contributed by atoms with E-state index in [9.17, 15) is 0 Å². The fourth-order valence-electron chi connectivity index (χ4n) is 1.76.